The number of nitrogens with zero attached hydrogens (tertiary/aromatic N) is 3. The number of hydrogen-bond donors (Lipinski definition) is 1. The van der Waals surface area contributed by atoms with Crippen molar-refractivity contribution in [3.05, 3.63) is 5.82 Å². The van der Waals surface area contributed by atoms with Crippen LogP contribution in [0.15, 0.2) is 0 Å². The van der Waals surface area contributed by atoms with E-state index in [1.54, 1.807) is 6.92 Å². The van der Waals surface area contributed by atoms with Crippen molar-refractivity contribution < 1.29 is 4.74 Å². The smallest absolute Gasteiger partial charge is 0.321 e. The molecule has 1 aromatic rings. The first-order chi connectivity index (χ1) is 7.22. The van der Waals surface area contributed by atoms with Crippen molar-refractivity contribution >= 4 is 5.95 Å². The van der Waals surface area contributed by atoms with Crippen LogP contribution < -0.4 is 10.5 Å². The Balaban J connectivity index is 2.31. The Morgan fingerprint density at radius 1 is 1.13 bits per heavy atom. The first-order valence-corrected chi connectivity index (χ1v) is 5.33. The van der Waals surface area contributed by atoms with Gasteiger partial charge in [-0.25, -0.2) is 0 Å². The van der Waals surface area contributed by atoms with E-state index in [1.165, 1.54) is 19.3 Å². The van der Waals surface area contributed by atoms with E-state index < -0.39 is 0 Å². The maximum absolute atomic E-state index is 5.47. The molecule has 0 atom stereocenters. The lowest BCUT2D eigenvalue weighted by Crippen LogP contribution is -2.06. The Morgan fingerprint density at radius 3 is 2.60 bits per heavy atom. The van der Waals surface area contributed by atoms with E-state index in [-0.39, 0.29) is 5.95 Å². The Kier molecular flexibility index (Phi) is 4.80. The normalized spacial score (nSPS) is 10.3. The van der Waals surface area contributed by atoms with Crippen LogP contribution in [0.4, 0.5) is 5.95 Å². The molecule has 0 saturated heterocycles. The molecule has 1 aromatic heterocycles. The van der Waals surface area contributed by atoms with Crippen LogP contribution in [-0.4, -0.2) is 21.6 Å². The molecule has 0 spiro atoms. The second-order valence-corrected chi connectivity index (χ2v) is 3.43. The Bertz CT molecular complexity index is 283. The average Bonchev–Trinajstić information content (AvgIpc) is 2.16. The van der Waals surface area contributed by atoms with Crippen molar-refractivity contribution in [1.82, 2.24) is 15.0 Å². The van der Waals surface area contributed by atoms with Crippen molar-refractivity contribution in [3.63, 3.8) is 0 Å². The first kappa shape index (κ1) is 11.7. The van der Waals surface area contributed by atoms with Gasteiger partial charge in [-0.2, -0.15) is 15.0 Å². The Labute approximate surface area is 90.1 Å². The SMILES string of the molecule is CCCCCCOc1nc(C)nc(N)n1. The van der Waals surface area contributed by atoms with Gasteiger partial charge in [0, 0.05) is 0 Å². The fourth-order valence-electron chi connectivity index (χ4n) is 1.23. The van der Waals surface area contributed by atoms with Crippen molar-refractivity contribution in [3.8, 4) is 6.01 Å². The second kappa shape index (κ2) is 6.16. The third-order valence-corrected chi connectivity index (χ3v) is 1.97. The summed E-state index contributed by atoms with van der Waals surface area (Å²) in [5.74, 6) is 0.803. The quantitative estimate of drug-likeness (QED) is 0.724. The van der Waals surface area contributed by atoms with E-state index in [0.717, 1.165) is 6.42 Å². The van der Waals surface area contributed by atoms with Gasteiger partial charge in [0.05, 0.1) is 6.61 Å². The van der Waals surface area contributed by atoms with Crippen molar-refractivity contribution in [1.29, 1.82) is 0 Å². The Morgan fingerprint density at radius 2 is 1.93 bits per heavy atom. The average molecular weight is 210 g/mol. The van der Waals surface area contributed by atoms with Crippen LogP contribution >= 0.6 is 0 Å². The highest BCUT2D eigenvalue weighted by Crippen LogP contribution is 2.06. The van der Waals surface area contributed by atoms with Crippen LogP contribution in [0.3, 0.4) is 0 Å². The van der Waals surface area contributed by atoms with E-state index in [0.29, 0.717) is 18.4 Å². The molecule has 15 heavy (non-hydrogen) atoms. The van der Waals surface area contributed by atoms with Crippen LogP contribution in [0.5, 0.6) is 6.01 Å². The maximum Gasteiger partial charge on any atom is 0.321 e. The van der Waals surface area contributed by atoms with Crippen LogP contribution in [0.1, 0.15) is 38.4 Å². The van der Waals surface area contributed by atoms with Crippen molar-refractivity contribution in [2.24, 2.45) is 0 Å². The summed E-state index contributed by atoms with van der Waals surface area (Å²) in [7, 11) is 0. The highest BCUT2D eigenvalue weighted by atomic mass is 16.5. The topological polar surface area (TPSA) is 73.9 Å². The number of unbranched alkanes of at least 4 members (excludes halogenated alkanes) is 3. The summed E-state index contributed by atoms with van der Waals surface area (Å²) in [6.07, 6.45) is 4.66. The fraction of sp³-hybridized carbons (Fsp3) is 0.700. The van der Waals surface area contributed by atoms with Gasteiger partial charge in [-0.15, -0.1) is 0 Å². The van der Waals surface area contributed by atoms with Crippen LogP contribution in [0.25, 0.3) is 0 Å². The number of hydrogen-bond acceptors (Lipinski definition) is 5. The minimum absolute atomic E-state index is 0.214. The molecular formula is C10H18N4O. The van der Waals surface area contributed by atoms with E-state index in [1.807, 2.05) is 0 Å². The van der Waals surface area contributed by atoms with E-state index in [2.05, 4.69) is 21.9 Å². The summed E-state index contributed by atoms with van der Waals surface area (Å²) >= 11 is 0. The molecule has 0 aliphatic heterocycles. The predicted molar refractivity (Wildman–Crippen MR) is 58.6 cm³/mol. The molecule has 1 heterocycles. The molecule has 0 fully saturated rings. The highest BCUT2D eigenvalue weighted by Gasteiger charge is 2.01. The molecular weight excluding hydrogens is 192 g/mol. The van der Waals surface area contributed by atoms with Gasteiger partial charge in [0.1, 0.15) is 5.82 Å². The number of rotatable bonds is 6. The van der Waals surface area contributed by atoms with Crippen LogP contribution in [-0.2, 0) is 0 Å². The lowest BCUT2D eigenvalue weighted by atomic mass is 10.2. The molecule has 5 heteroatoms. The number of ether oxygens (including phenoxy) is 1. The number of aromatic nitrogens is 3. The molecule has 0 radical (unpaired) electrons. The van der Waals surface area contributed by atoms with Crippen LogP contribution in [0, 0.1) is 6.92 Å². The standard InChI is InChI=1S/C10H18N4O/c1-3-4-5-6-7-15-10-13-8(2)12-9(11)14-10/h3-7H2,1-2H3,(H2,11,12,13,14). The van der Waals surface area contributed by atoms with Gasteiger partial charge < -0.3 is 10.5 Å². The van der Waals surface area contributed by atoms with Crippen molar-refractivity contribution in [2.75, 3.05) is 12.3 Å². The summed E-state index contributed by atoms with van der Waals surface area (Å²) in [6, 6.07) is 0.330. The molecule has 0 aliphatic rings. The lowest BCUT2D eigenvalue weighted by molar-refractivity contribution is 0.280. The third-order valence-electron chi connectivity index (χ3n) is 1.97. The van der Waals surface area contributed by atoms with E-state index in [9.17, 15) is 0 Å². The van der Waals surface area contributed by atoms with Gasteiger partial charge in [0.2, 0.25) is 5.95 Å². The Hall–Kier alpha value is -1.39. The minimum Gasteiger partial charge on any atom is -0.463 e. The summed E-state index contributed by atoms with van der Waals surface area (Å²) in [6.45, 7) is 4.59. The predicted octanol–water partition coefficient (Wildman–Crippen LogP) is 1.72. The molecule has 5 nitrogen and oxygen atoms in total. The lowest BCUT2D eigenvalue weighted by Gasteiger charge is -2.04. The number of anilines is 1. The van der Waals surface area contributed by atoms with E-state index in [4.69, 9.17) is 10.5 Å². The largest absolute Gasteiger partial charge is 0.463 e. The number of aryl methyl sites for hydroxylation is 1. The zero-order valence-electron chi connectivity index (χ0n) is 9.36. The summed E-state index contributed by atoms with van der Waals surface area (Å²) < 4.78 is 5.37. The minimum atomic E-state index is 0.214. The molecule has 0 bridgehead atoms. The summed E-state index contributed by atoms with van der Waals surface area (Å²) in [5.41, 5.74) is 5.47. The number of nitrogens with two attached hydrogens (primary N) is 1. The molecule has 0 aliphatic carbocycles. The van der Waals surface area contributed by atoms with Gasteiger partial charge in [0.15, 0.2) is 0 Å². The number of nitrogen functional groups attached to an aromatic ring is 1. The summed E-state index contributed by atoms with van der Waals surface area (Å²) in [4.78, 5) is 11.8. The first-order valence-electron chi connectivity index (χ1n) is 5.33. The van der Waals surface area contributed by atoms with Gasteiger partial charge in [0.25, 0.3) is 0 Å². The molecule has 84 valence electrons. The highest BCUT2D eigenvalue weighted by molar-refractivity contribution is 5.17. The molecule has 0 unspecified atom stereocenters. The zero-order valence-corrected chi connectivity index (χ0v) is 9.36. The summed E-state index contributed by atoms with van der Waals surface area (Å²) in [5, 5.41) is 0. The van der Waals surface area contributed by atoms with Crippen molar-refractivity contribution in [2.45, 2.75) is 39.5 Å². The van der Waals surface area contributed by atoms with Gasteiger partial charge >= 0.3 is 6.01 Å². The van der Waals surface area contributed by atoms with Gasteiger partial charge in [-0.3, -0.25) is 0 Å². The van der Waals surface area contributed by atoms with Gasteiger partial charge in [-0.05, 0) is 13.3 Å². The fourth-order valence-corrected chi connectivity index (χ4v) is 1.23. The van der Waals surface area contributed by atoms with Crippen LogP contribution in [0.2, 0.25) is 0 Å². The molecule has 0 amide bonds. The molecule has 0 aromatic carbocycles. The molecule has 1 rings (SSSR count). The monoisotopic (exact) mass is 210 g/mol. The maximum atomic E-state index is 5.47. The second-order valence-electron chi connectivity index (χ2n) is 3.43. The third kappa shape index (κ3) is 4.58. The molecule has 2 N–H and O–H groups in total. The van der Waals surface area contributed by atoms with Gasteiger partial charge in [-0.1, -0.05) is 26.2 Å². The zero-order chi connectivity index (χ0) is 11.1. The molecule has 0 saturated carbocycles. The van der Waals surface area contributed by atoms with E-state index >= 15 is 0 Å².